The summed E-state index contributed by atoms with van der Waals surface area (Å²) < 4.78 is 34.9. The molecule has 0 aliphatic heterocycles. The number of carboxylic acid groups (broad SMARTS) is 1. The maximum atomic E-state index is 13.9. The zero-order valence-corrected chi connectivity index (χ0v) is 18.3. The van der Waals surface area contributed by atoms with Gasteiger partial charge in [-0.25, -0.2) is 8.78 Å². The molecular formula is C22H26F2N4O4. The number of amides is 1. The van der Waals surface area contributed by atoms with E-state index >= 15 is 0 Å². The Hall–Kier alpha value is -3.53. The van der Waals surface area contributed by atoms with Crippen molar-refractivity contribution in [1.29, 1.82) is 0 Å². The summed E-state index contributed by atoms with van der Waals surface area (Å²) in [5.74, 6) is -1.39. The van der Waals surface area contributed by atoms with Crippen LogP contribution in [0.5, 0.6) is 5.88 Å². The Morgan fingerprint density at radius 2 is 1.88 bits per heavy atom. The summed E-state index contributed by atoms with van der Waals surface area (Å²) in [6.07, 6.45) is 0. The van der Waals surface area contributed by atoms with Crippen LogP contribution in [0.15, 0.2) is 30.3 Å². The van der Waals surface area contributed by atoms with E-state index in [4.69, 9.17) is 20.4 Å². The topological polar surface area (TPSA) is 119 Å². The molecule has 0 unspecified atom stereocenters. The third-order valence-electron chi connectivity index (χ3n) is 4.38. The molecule has 0 aliphatic carbocycles. The lowest BCUT2D eigenvalue weighted by Gasteiger charge is -2.18. The van der Waals surface area contributed by atoms with Gasteiger partial charge in [-0.2, -0.15) is 9.61 Å². The summed E-state index contributed by atoms with van der Waals surface area (Å²) in [6, 6.07) is 7.14. The van der Waals surface area contributed by atoms with Crippen LogP contribution in [0.25, 0.3) is 5.52 Å². The number of halogens is 2. The highest BCUT2D eigenvalue weighted by molar-refractivity contribution is 6.02. The Balaban J connectivity index is 0.00000114. The second-order valence-corrected chi connectivity index (χ2v) is 7.89. The van der Waals surface area contributed by atoms with Crippen LogP contribution in [-0.4, -0.2) is 39.2 Å². The first-order chi connectivity index (χ1) is 15.0. The van der Waals surface area contributed by atoms with Crippen LogP contribution >= 0.6 is 0 Å². The van der Waals surface area contributed by atoms with Crippen LogP contribution in [0.1, 0.15) is 41.0 Å². The van der Waals surface area contributed by atoms with Crippen LogP contribution in [-0.2, 0) is 11.4 Å². The van der Waals surface area contributed by atoms with E-state index in [1.54, 1.807) is 19.1 Å². The van der Waals surface area contributed by atoms with E-state index < -0.39 is 17.2 Å². The Morgan fingerprint density at radius 1 is 1.28 bits per heavy atom. The molecule has 0 spiro atoms. The number of nitrogens with one attached hydrogen (secondary N) is 1. The van der Waals surface area contributed by atoms with Gasteiger partial charge in [-0.3, -0.25) is 9.59 Å². The normalized spacial score (nSPS) is 11.0. The van der Waals surface area contributed by atoms with Gasteiger partial charge >= 0.3 is 0 Å². The fraction of sp³-hybridized carbons (Fsp3) is 0.318. The second kappa shape index (κ2) is 10.2. The zero-order chi connectivity index (χ0) is 24.1. The van der Waals surface area contributed by atoms with Crippen molar-refractivity contribution in [3.63, 3.8) is 0 Å². The van der Waals surface area contributed by atoms with E-state index in [-0.39, 0.29) is 30.4 Å². The van der Waals surface area contributed by atoms with Crippen molar-refractivity contribution in [3.05, 3.63) is 64.4 Å². The van der Waals surface area contributed by atoms with Crippen molar-refractivity contribution in [2.45, 2.75) is 39.8 Å². The molecule has 0 saturated heterocycles. The van der Waals surface area contributed by atoms with Crippen LogP contribution in [0.3, 0.4) is 0 Å². The van der Waals surface area contributed by atoms with Gasteiger partial charge in [0.2, 0.25) is 5.88 Å². The molecule has 32 heavy (non-hydrogen) atoms. The molecule has 0 atom stereocenters. The molecule has 1 amide bonds. The van der Waals surface area contributed by atoms with Gasteiger partial charge in [0.15, 0.2) is 0 Å². The van der Waals surface area contributed by atoms with Crippen LogP contribution < -0.4 is 15.8 Å². The van der Waals surface area contributed by atoms with E-state index in [2.05, 4.69) is 10.4 Å². The minimum atomic E-state index is -0.685. The molecule has 1 aromatic carbocycles. The third kappa shape index (κ3) is 6.01. The number of pyridine rings is 1. The average Bonchev–Trinajstić information content (AvgIpc) is 3.01. The number of nitrogens with two attached hydrogens (primary N) is 1. The summed E-state index contributed by atoms with van der Waals surface area (Å²) >= 11 is 0. The van der Waals surface area contributed by atoms with E-state index in [9.17, 15) is 13.6 Å². The molecule has 10 heteroatoms. The molecule has 8 nitrogen and oxygen atoms in total. The van der Waals surface area contributed by atoms with Crippen molar-refractivity contribution in [2.24, 2.45) is 5.73 Å². The summed E-state index contributed by atoms with van der Waals surface area (Å²) in [5.41, 5.74) is 7.47. The predicted molar refractivity (Wildman–Crippen MR) is 115 cm³/mol. The maximum absolute atomic E-state index is 13.9. The second-order valence-electron chi connectivity index (χ2n) is 7.89. The summed E-state index contributed by atoms with van der Waals surface area (Å²) in [7, 11) is 0. The van der Waals surface area contributed by atoms with Gasteiger partial charge in [0.1, 0.15) is 18.2 Å². The van der Waals surface area contributed by atoms with Crippen LogP contribution in [0, 0.1) is 25.5 Å². The Kier molecular flexibility index (Phi) is 7.87. The summed E-state index contributed by atoms with van der Waals surface area (Å²) in [4.78, 5) is 21.1. The van der Waals surface area contributed by atoms with E-state index in [1.165, 1.54) is 22.7 Å². The van der Waals surface area contributed by atoms with E-state index in [0.29, 0.717) is 23.3 Å². The minimum absolute atomic E-state index is 0.172. The number of nitrogens with zero attached hydrogens (tertiary/aromatic N) is 2. The molecule has 0 saturated carbocycles. The number of ether oxygens (including phenoxy) is 1. The largest absolute Gasteiger partial charge is 0.483 e. The lowest BCUT2D eigenvalue weighted by molar-refractivity contribution is -0.122. The fourth-order valence-electron chi connectivity index (χ4n) is 2.96. The van der Waals surface area contributed by atoms with E-state index in [1.807, 2.05) is 20.8 Å². The molecule has 0 radical (unpaired) electrons. The van der Waals surface area contributed by atoms with Gasteiger partial charge < -0.3 is 20.9 Å². The van der Waals surface area contributed by atoms with Gasteiger partial charge in [-0.05, 0) is 51.5 Å². The van der Waals surface area contributed by atoms with E-state index in [0.717, 1.165) is 5.56 Å². The van der Waals surface area contributed by atoms with Crippen molar-refractivity contribution in [3.8, 4) is 5.88 Å². The van der Waals surface area contributed by atoms with Crippen molar-refractivity contribution >= 4 is 17.9 Å². The SMILES string of the molecule is Cc1cc(OCc2c(F)cccc2F)n2nc(C)c(C(=O)NCC(C)(C)N)c2c1.O=CO. The highest BCUT2D eigenvalue weighted by Gasteiger charge is 2.21. The highest BCUT2D eigenvalue weighted by Crippen LogP contribution is 2.25. The predicted octanol–water partition coefficient (Wildman–Crippen LogP) is 2.98. The molecular weight excluding hydrogens is 422 g/mol. The number of benzene rings is 1. The quantitative estimate of drug-likeness (QED) is 0.499. The fourth-order valence-corrected chi connectivity index (χ4v) is 2.96. The van der Waals surface area contributed by atoms with Crippen molar-refractivity contribution in [1.82, 2.24) is 14.9 Å². The third-order valence-corrected chi connectivity index (χ3v) is 4.38. The Bertz CT molecular complexity index is 1100. The van der Waals surface area contributed by atoms with Crippen LogP contribution in [0.4, 0.5) is 8.78 Å². The Labute approximate surface area is 184 Å². The number of rotatable bonds is 6. The molecule has 2 heterocycles. The Morgan fingerprint density at radius 3 is 2.44 bits per heavy atom. The average molecular weight is 448 g/mol. The lowest BCUT2D eigenvalue weighted by Crippen LogP contribution is -2.45. The molecule has 4 N–H and O–H groups in total. The number of aromatic nitrogens is 2. The zero-order valence-electron chi connectivity index (χ0n) is 18.3. The summed E-state index contributed by atoms with van der Waals surface area (Å²) in [6.45, 7) is 6.92. The first-order valence-electron chi connectivity index (χ1n) is 9.69. The number of fused-ring (bicyclic) bond motifs is 1. The number of aryl methyl sites for hydroxylation is 2. The first kappa shape index (κ1) is 24.7. The number of hydrogen-bond acceptors (Lipinski definition) is 5. The maximum Gasteiger partial charge on any atom is 0.290 e. The van der Waals surface area contributed by atoms with Gasteiger partial charge in [0.05, 0.1) is 22.3 Å². The van der Waals surface area contributed by atoms with Crippen LogP contribution in [0.2, 0.25) is 0 Å². The molecule has 0 bridgehead atoms. The lowest BCUT2D eigenvalue weighted by atomic mass is 10.1. The number of carbonyl (C=O) groups excluding carboxylic acids is 1. The van der Waals surface area contributed by atoms with Crippen molar-refractivity contribution < 1.29 is 28.2 Å². The smallest absolute Gasteiger partial charge is 0.290 e. The number of hydrogen-bond donors (Lipinski definition) is 3. The molecule has 2 aromatic heterocycles. The monoisotopic (exact) mass is 448 g/mol. The molecule has 0 aliphatic rings. The molecule has 0 fully saturated rings. The van der Waals surface area contributed by atoms with Crippen molar-refractivity contribution in [2.75, 3.05) is 6.54 Å². The standard InChI is InChI=1S/C21H24F2N4O2.CH2O2/c1-12-8-17-19(20(28)25-11-21(3,4)24)13(2)26-27(17)18(9-12)29-10-14-15(22)6-5-7-16(14)23;2-1-3/h5-9H,10-11,24H2,1-4H3,(H,25,28);1H,(H,2,3). The van der Waals surface area contributed by atoms with Gasteiger partial charge in [-0.15, -0.1) is 0 Å². The highest BCUT2D eigenvalue weighted by atomic mass is 19.1. The van der Waals surface area contributed by atoms with Gasteiger partial charge in [0, 0.05) is 18.2 Å². The van der Waals surface area contributed by atoms with Gasteiger partial charge in [-0.1, -0.05) is 6.07 Å². The molecule has 3 rings (SSSR count). The molecule has 172 valence electrons. The number of carbonyl (C=O) groups is 2. The molecule has 3 aromatic rings. The first-order valence-corrected chi connectivity index (χ1v) is 9.69. The minimum Gasteiger partial charge on any atom is -0.483 e. The van der Waals surface area contributed by atoms with Gasteiger partial charge in [0.25, 0.3) is 12.4 Å². The summed E-state index contributed by atoms with van der Waals surface area (Å²) in [5, 5.41) is 14.1.